The number of halogens is 2. The molecule has 2 aromatic carbocycles. The molecule has 0 radical (unpaired) electrons. The summed E-state index contributed by atoms with van der Waals surface area (Å²) in [6.45, 7) is 0. The molecule has 2 N–H and O–H groups in total. The van der Waals surface area contributed by atoms with Gasteiger partial charge in [-0.15, -0.1) is 0 Å². The van der Waals surface area contributed by atoms with Crippen molar-refractivity contribution in [3.8, 4) is 0 Å². The summed E-state index contributed by atoms with van der Waals surface area (Å²) in [6.07, 6.45) is 0. The Morgan fingerprint density at radius 2 is 1.90 bits per heavy atom. The molecule has 0 fully saturated rings. The number of nitro groups is 1. The Morgan fingerprint density at radius 1 is 1.24 bits per heavy atom. The second-order valence-electron chi connectivity index (χ2n) is 4.04. The fourth-order valence-electron chi connectivity index (χ4n) is 1.66. The van der Waals surface area contributed by atoms with E-state index in [1.54, 1.807) is 18.2 Å². The zero-order chi connectivity index (χ0) is 15.6. The molecule has 0 saturated carbocycles. The van der Waals surface area contributed by atoms with E-state index >= 15 is 0 Å². The lowest BCUT2D eigenvalue weighted by Crippen LogP contribution is -2.00. The molecule has 108 valence electrons. The molecule has 0 aliphatic carbocycles. The largest absolute Gasteiger partial charge is 0.478 e. The van der Waals surface area contributed by atoms with Gasteiger partial charge in [0.2, 0.25) is 0 Å². The number of nitro benzene ring substituents is 1. The average Bonchev–Trinajstić information content (AvgIpc) is 2.42. The molecule has 0 aliphatic rings. The molecule has 0 bridgehead atoms. The van der Waals surface area contributed by atoms with Crippen molar-refractivity contribution in [1.29, 1.82) is 0 Å². The van der Waals surface area contributed by atoms with E-state index in [9.17, 15) is 14.9 Å². The number of carboxylic acid groups (broad SMARTS) is 1. The van der Waals surface area contributed by atoms with Crippen LogP contribution in [0.2, 0.25) is 0 Å². The predicted octanol–water partition coefficient (Wildman–Crippen LogP) is 4.40. The van der Waals surface area contributed by atoms with E-state index in [-0.39, 0.29) is 11.3 Å². The summed E-state index contributed by atoms with van der Waals surface area (Å²) in [5, 5.41) is 22.9. The van der Waals surface area contributed by atoms with Gasteiger partial charge in [-0.1, -0.05) is 0 Å². The molecule has 0 atom stereocenters. The van der Waals surface area contributed by atoms with Crippen LogP contribution in [0.5, 0.6) is 0 Å². The van der Waals surface area contributed by atoms with E-state index in [0.717, 1.165) is 3.57 Å². The van der Waals surface area contributed by atoms with Gasteiger partial charge in [-0.3, -0.25) is 10.1 Å². The highest BCUT2D eigenvalue weighted by molar-refractivity contribution is 14.1. The standard InChI is InChI=1S/C13H8BrIN2O4/c14-9-5-7(13(18)19)1-3-10(9)16-11-4-2-8(15)6-12(11)17(20)21/h1-6,16H,(H,18,19). The number of nitrogens with zero attached hydrogens (tertiary/aromatic N) is 1. The van der Waals surface area contributed by atoms with Crippen molar-refractivity contribution in [3.63, 3.8) is 0 Å². The minimum absolute atomic E-state index is 0.0453. The number of carbonyl (C=O) groups is 1. The molecule has 0 aromatic heterocycles. The number of aromatic carboxylic acids is 1. The molecule has 0 heterocycles. The van der Waals surface area contributed by atoms with Crippen LogP contribution >= 0.6 is 38.5 Å². The van der Waals surface area contributed by atoms with Crippen LogP contribution in [0.4, 0.5) is 17.1 Å². The third kappa shape index (κ3) is 3.70. The van der Waals surface area contributed by atoms with Crippen molar-refractivity contribution in [2.75, 3.05) is 5.32 Å². The summed E-state index contributed by atoms with van der Waals surface area (Å²) in [6, 6.07) is 9.22. The molecule has 0 amide bonds. The summed E-state index contributed by atoms with van der Waals surface area (Å²) < 4.78 is 1.26. The van der Waals surface area contributed by atoms with Crippen LogP contribution in [0.3, 0.4) is 0 Å². The lowest BCUT2D eigenvalue weighted by Gasteiger charge is -2.10. The monoisotopic (exact) mass is 462 g/mol. The maximum Gasteiger partial charge on any atom is 0.335 e. The maximum atomic E-state index is 11.1. The summed E-state index contributed by atoms with van der Waals surface area (Å²) in [7, 11) is 0. The number of hydrogen-bond acceptors (Lipinski definition) is 4. The van der Waals surface area contributed by atoms with Crippen LogP contribution in [0, 0.1) is 13.7 Å². The Bertz CT molecular complexity index is 736. The molecule has 0 unspecified atom stereocenters. The Kier molecular flexibility index (Phi) is 4.78. The van der Waals surface area contributed by atoms with Gasteiger partial charge in [0.1, 0.15) is 5.69 Å². The van der Waals surface area contributed by atoms with Gasteiger partial charge >= 0.3 is 5.97 Å². The number of benzene rings is 2. The minimum atomic E-state index is -1.04. The van der Waals surface area contributed by atoms with Gasteiger partial charge in [0.15, 0.2) is 0 Å². The van der Waals surface area contributed by atoms with Crippen molar-refractivity contribution in [1.82, 2.24) is 0 Å². The normalized spacial score (nSPS) is 10.2. The van der Waals surface area contributed by atoms with Gasteiger partial charge in [0.25, 0.3) is 5.69 Å². The molecule has 6 nitrogen and oxygen atoms in total. The molecule has 21 heavy (non-hydrogen) atoms. The Labute approximate surface area is 141 Å². The van der Waals surface area contributed by atoms with E-state index in [1.807, 2.05) is 22.6 Å². The second kappa shape index (κ2) is 6.39. The highest BCUT2D eigenvalue weighted by Gasteiger charge is 2.15. The Morgan fingerprint density at radius 3 is 2.48 bits per heavy atom. The topological polar surface area (TPSA) is 92.5 Å². The van der Waals surface area contributed by atoms with E-state index in [2.05, 4.69) is 21.2 Å². The predicted molar refractivity (Wildman–Crippen MR) is 90.2 cm³/mol. The van der Waals surface area contributed by atoms with Gasteiger partial charge in [0, 0.05) is 14.1 Å². The first-order valence-electron chi connectivity index (χ1n) is 5.62. The molecule has 0 aliphatic heterocycles. The van der Waals surface area contributed by atoms with Gasteiger partial charge in [-0.25, -0.2) is 4.79 Å². The Balaban J connectivity index is 2.39. The molecule has 8 heteroatoms. The van der Waals surface area contributed by atoms with Gasteiger partial charge in [-0.05, 0) is 68.9 Å². The van der Waals surface area contributed by atoms with E-state index < -0.39 is 10.9 Å². The van der Waals surface area contributed by atoms with Gasteiger partial charge in [0.05, 0.1) is 16.2 Å². The SMILES string of the molecule is O=C(O)c1ccc(Nc2ccc(I)cc2[N+](=O)[O-])c(Br)c1. The van der Waals surface area contributed by atoms with Crippen LogP contribution in [0.1, 0.15) is 10.4 Å². The zero-order valence-corrected chi connectivity index (χ0v) is 14.1. The summed E-state index contributed by atoms with van der Waals surface area (Å²) >= 11 is 5.25. The molecular weight excluding hydrogens is 455 g/mol. The van der Waals surface area contributed by atoms with Crippen molar-refractivity contribution in [3.05, 3.63) is 60.1 Å². The molecule has 0 spiro atoms. The van der Waals surface area contributed by atoms with Crippen LogP contribution in [0.15, 0.2) is 40.9 Å². The maximum absolute atomic E-state index is 11.1. The number of nitrogens with one attached hydrogen (secondary N) is 1. The third-order valence-electron chi connectivity index (χ3n) is 2.64. The lowest BCUT2D eigenvalue weighted by molar-refractivity contribution is -0.384. The summed E-state index contributed by atoms with van der Waals surface area (Å²) in [4.78, 5) is 21.5. The van der Waals surface area contributed by atoms with Crippen LogP contribution in [-0.4, -0.2) is 16.0 Å². The van der Waals surface area contributed by atoms with Crippen molar-refractivity contribution >= 4 is 61.6 Å². The lowest BCUT2D eigenvalue weighted by atomic mass is 10.2. The van der Waals surface area contributed by atoms with E-state index in [1.165, 1.54) is 18.2 Å². The van der Waals surface area contributed by atoms with Gasteiger partial charge < -0.3 is 10.4 Å². The first-order chi connectivity index (χ1) is 9.88. The number of anilines is 2. The quantitative estimate of drug-likeness (QED) is 0.399. The van der Waals surface area contributed by atoms with Crippen molar-refractivity contribution in [2.45, 2.75) is 0 Å². The molecular formula is C13H8BrIN2O4. The first kappa shape index (κ1) is 15.7. The number of rotatable bonds is 4. The Hall–Kier alpha value is -1.68. The molecule has 2 rings (SSSR count). The van der Waals surface area contributed by atoms with E-state index in [0.29, 0.717) is 15.8 Å². The minimum Gasteiger partial charge on any atom is -0.478 e. The van der Waals surface area contributed by atoms with Crippen LogP contribution in [-0.2, 0) is 0 Å². The second-order valence-corrected chi connectivity index (χ2v) is 6.14. The highest BCUT2D eigenvalue weighted by atomic mass is 127. The summed E-state index contributed by atoms with van der Waals surface area (Å²) in [5.41, 5.74) is 0.967. The number of hydrogen-bond donors (Lipinski definition) is 2. The molecule has 2 aromatic rings. The van der Waals surface area contributed by atoms with Crippen molar-refractivity contribution < 1.29 is 14.8 Å². The van der Waals surface area contributed by atoms with Crippen LogP contribution in [0.25, 0.3) is 0 Å². The molecule has 0 saturated heterocycles. The van der Waals surface area contributed by atoms with E-state index in [4.69, 9.17) is 5.11 Å². The zero-order valence-electron chi connectivity index (χ0n) is 10.3. The first-order valence-corrected chi connectivity index (χ1v) is 7.49. The smallest absolute Gasteiger partial charge is 0.335 e. The highest BCUT2D eigenvalue weighted by Crippen LogP contribution is 2.32. The van der Waals surface area contributed by atoms with Crippen molar-refractivity contribution in [2.24, 2.45) is 0 Å². The fourth-order valence-corrected chi connectivity index (χ4v) is 2.61. The average molecular weight is 463 g/mol. The third-order valence-corrected chi connectivity index (χ3v) is 3.97. The van der Waals surface area contributed by atoms with Gasteiger partial charge in [-0.2, -0.15) is 0 Å². The summed E-state index contributed by atoms with van der Waals surface area (Å²) in [5.74, 6) is -1.04. The fraction of sp³-hybridized carbons (Fsp3) is 0. The van der Waals surface area contributed by atoms with Crippen LogP contribution < -0.4 is 5.32 Å². The number of carboxylic acids is 1.